The minimum atomic E-state index is -4.56. The predicted molar refractivity (Wildman–Crippen MR) is 98.5 cm³/mol. The van der Waals surface area contributed by atoms with Crippen molar-refractivity contribution in [2.45, 2.75) is 31.5 Å². The molecule has 1 atom stereocenters. The summed E-state index contributed by atoms with van der Waals surface area (Å²) in [6.07, 6.45) is -3.62. The van der Waals surface area contributed by atoms with Gasteiger partial charge >= 0.3 is 18.0 Å². The van der Waals surface area contributed by atoms with Crippen LogP contribution in [0, 0.1) is 0 Å². The summed E-state index contributed by atoms with van der Waals surface area (Å²) in [5.41, 5.74) is -1.31. The molecule has 2 amide bonds. The van der Waals surface area contributed by atoms with Crippen LogP contribution >= 0.6 is 0 Å². The van der Waals surface area contributed by atoms with Crippen LogP contribution in [-0.2, 0) is 22.2 Å². The van der Waals surface area contributed by atoms with Crippen molar-refractivity contribution < 1.29 is 27.9 Å². The summed E-state index contributed by atoms with van der Waals surface area (Å²) in [5, 5.41) is 14.8. The van der Waals surface area contributed by atoms with E-state index in [4.69, 9.17) is 0 Å². The van der Waals surface area contributed by atoms with Crippen molar-refractivity contribution in [1.82, 2.24) is 5.32 Å². The zero-order valence-electron chi connectivity index (χ0n) is 15.2. The van der Waals surface area contributed by atoms with E-state index >= 15 is 0 Å². The molecule has 0 aromatic heterocycles. The maximum Gasteiger partial charge on any atom is 0.416 e. The van der Waals surface area contributed by atoms with E-state index in [-0.39, 0.29) is 12.2 Å². The SMILES string of the molecule is C[C@](O)(CCc1ccccc1)CNC(=O)C(=O)Nc1cccc(C(F)(F)F)c1. The van der Waals surface area contributed by atoms with Crippen LogP contribution in [0.2, 0.25) is 0 Å². The molecule has 0 spiro atoms. The Morgan fingerprint density at radius 1 is 1.00 bits per heavy atom. The number of hydrogen-bond acceptors (Lipinski definition) is 3. The minimum Gasteiger partial charge on any atom is -0.388 e. The van der Waals surface area contributed by atoms with Gasteiger partial charge in [-0.1, -0.05) is 36.4 Å². The maximum atomic E-state index is 12.7. The number of rotatable bonds is 6. The zero-order valence-corrected chi connectivity index (χ0v) is 15.2. The smallest absolute Gasteiger partial charge is 0.388 e. The second-order valence-electron chi connectivity index (χ2n) is 6.70. The van der Waals surface area contributed by atoms with Crippen LogP contribution in [0.4, 0.5) is 18.9 Å². The molecule has 2 rings (SSSR count). The molecule has 0 saturated heterocycles. The van der Waals surface area contributed by atoms with Crippen LogP contribution in [0.5, 0.6) is 0 Å². The highest BCUT2D eigenvalue weighted by molar-refractivity contribution is 6.39. The average molecular weight is 394 g/mol. The van der Waals surface area contributed by atoms with Gasteiger partial charge in [-0.15, -0.1) is 0 Å². The van der Waals surface area contributed by atoms with Gasteiger partial charge < -0.3 is 15.7 Å². The lowest BCUT2D eigenvalue weighted by atomic mass is 9.97. The van der Waals surface area contributed by atoms with Crippen molar-refractivity contribution in [3.63, 3.8) is 0 Å². The number of alkyl halides is 3. The molecule has 2 aromatic carbocycles. The van der Waals surface area contributed by atoms with Crippen LogP contribution in [0.25, 0.3) is 0 Å². The Bertz CT molecular complexity index is 821. The Morgan fingerprint density at radius 2 is 1.68 bits per heavy atom. The van der Waals surface area contributed by atoms with E-state index in [0.717, 1.165) is 23.8 Å². The normalized spacial score (nSPS) is 13.5. The zero-order chi connectivity index (χ0) is 20.8. The fourth-order valence-electron chi connectivity index (χ4n) is 2.46. The van der Waals surface area contributed by atoms with Gasteiger partial charge in [-0.2, -0.15) is 13.2 Å². The van der Waals surface area contributed by atoms with Crippen LogP contribution < -0.4 is 10.6 Å². The van der Waals surface area contributed by atoms with Gasteiger partial charge in [0.05, 0.1) is 11.2 Å². The minimum absolute atomic E-state index is 0.147. The molecule has 0 saturated carbocycles. The van der Waals surface area contributed by atoms with Crippen molar-refractivity contribution in [3.8, 4) is 0 Å². The monoisotopic (exact) mass is 394 g/mol. The largest absolute Gasteiger partial charge is 0.416 e. The summed E-state index contributed by atoms with van der Waals surface area (Å²) in [6, 6.07) is 13.4. The van der Waals surface area contributed by atoms with Gasteiger partial charge in [0.1, 0.15) is 0 Å². The van der Waals surface area contributed by atoms with Crippen LogP contribution in [-0.4, -0.2) is 29.1 Å². The second-order valence-corrected chi connectivity index (χ2v) is 6.70. The Balaban J connectivity index is 1.85. The van der Waals surface area contributed by atoms with Crippen LogP contribution in [0.1, 0.15) is 24.5 Å². The molecule has 0 fully saturated rings. The third-order valence-electron chi connectivity index (χ3n) is 4.08. The number of aryl methyl sites for hydroxylation is 1. The van der Waals surface area contributed by atoms with E-state index < -0.39 is 29.2 Å². The molecule has 28 heavy (non-hydrogen) atoms. The number of carbonyl (C=O) groups excluding carboxylic acids is 2. The predicted octanol–water partition coefficient (Wildman–Crippen LogP) is 3.14. The molecule has 3 N–H and O–H groups in total. The lowest BCUT2D eigenvalue weighted by Crippen LogP contribution is -2.44. The molecule has 0 radical (unpaired) electrons. The summed E-state index contributed by atoms with van der Waals surface area (Å²) in [6.45, 7) is 1.36. The van der Waals surface area contributed by atoms with Crippen molar-refractivity contribution in [3.05, 3.63) is 65.7 Å². The Morgan fingerprint density at radius 3 is 2.32 bits per heavy atom. The number of carbonyl (C=O) groups is 2. The van der Waals surface area contributed by atoms with Crippen molar-refractivity contribution in [1.29, 1.82) is 0 Å². The van der Waals surface area contributed by atoms with Crippen LogP contribution in [0.3, 0.4) is 0 Å². The Labute approximate surface area is 160 Å². The molecule has 0 aliphatic heterocycles. The molecule has 8 heteroatoms. The van der Waals surface area contributed by atoms with Gasteiger partial charge in [-0.3, -0.25) is 9.59 Å². The molecule has 2 aromatic rings. The lowest BCUT2D eigenvalue weighted by Gasteiger charge is -2.23. The summed E-state index contributed by atoms with van der Waals surface area (Å²) < 4.78 is 38.1. The number of amides is 2. The van der Waals surface area contributed by atoms with Gasteiger partial charge in [0.15, 0.2) is 0 Å². The van der Waals surface area contributed by atoms with Crippen LogP contribution in [0.15, 0.2) is 54.6 Å². The third-order valence-corrected chi connectivity index (χ3v) is 4.08. The van der Waals surface area contributed by atoms with E-state index in [2.05, 4.69) is 10.6 Å². The topological polar surface area (TPSA) is 78.4 Å². The van der Waals surface area contributed by atoms with E-state index in [0.29, 0.717) is 12.8 Å². The number of hydrogen-bond donors (Lipinski definition) is 3. The summed E-state index contributed by atoms with van der Waals surface area (Å²) in [4.78, 5) is 23.8. The van der Waals surface area contributed by atoms with Gasteiger partial charge in [0.25, 0.3) is 0 Å². The standard InChI is InChI=1S/C20H21F3N2O3/c1-19(28,11-10-14-6-3-2-4-7-14)13-24-17(26)18(27)25-16-9-5-8-15(12-16)20(21,22)23/h2-9,12,28H,10-11,13H2,1H3,(H,24,26)(H,25,27)/t19-/m0/s1. The van der Waals surface area contributed by atoms with Gasteiger partial charge in [0, 0.05) is 12.2 Å². The first kappa shape index (κ1) is 21.4. The summed E-state index contributed by atoms with van der Waals surface area (Å²) in [7, 11) is 0. The van der Waals surface area contributed by atoms with Crippen molar-refractivity contribution in [2.75, 3.05) is 11.9 Å². The first-order valence-corrected chi connectivity index (χ1v) is 8.60. The van der Waals surface area contributed by atoms with E-state index in [1.807, 2.05) is 30.3 Å². The highest BCUT2D eigenvalue weighted by atomic mass is 19.4. The molecule has 150 valence electrons. The first-order chi connectivity index (χ1) is 13.1. The molecule has 0 unspecified atom stereocenters. The first-order valence-electron chi connectivity index (χ1n) is 8.60. The van der Waals surface area contributed by atoms with Gasteiger partial charge in [-0.25, -0.2) is 0 Å². The maximum absolute atomic E-state index is 12.7. The second kappa shape index (κ2) is 8.88. The number of benzene rings is 2. The number of aliphatic hydroxyl groups is 1. The quantitative estimate of drug-likeness (QED) is 0.659. The highest BCUT2D eigenvalue weighted by Gasteiger charge is 2.30. The summed E-state index contributed by atoms with van der Waals surface area (Å²) in [5.74, 6) is -2.16. The third kappa shape index (κ3) is 6.70. The van der Waals surface area contributed by atoms with E-state index in [1.165, 1.54) is 13.0 Å². The summed E-state index contributed by atoms with van der Waals surface area (Å²) >= 11 is 0. The fraction of sp³-hybridized carbons (Fsp3) is 0.300. The molecular formula is C20H21F3N2O3. The Hall–Kier alpha value is -2.87. The molecule has 5 nitrogen and oxygen atoms in total. The lowest BCUT2D eigenvalue weighted by molar-refractivity contribution is -0.137. The van der Waals surface area contributed by atoms with Crippen molar-refractivity contribution >= 4 is 17.5 Å². The molecule has 0 aliphatic rings. The van der Waals surface area contributed by atoms with Crippen molar-refractivity contribution in [2.24, 2.45) is 0 Å². The van der Waals surface area contributed by atoms with Gasteiger partial charge in [-0.05, 0) is 43.5 Å². The number of anilines is 1. The molecule has 0 aliphatic carbocycles. The Kier molecular flexibility index (Phi) is 6.80. The van der Waals surface area contributed by atoms with Gasteiger partial charge in [0.2, 0.25) is 0 Å². The molecule has 0 bridgehead atoms. The highest BCUT2D eigenvalue weighted by Crippen LogP contribution is 2.30. The molecular weight excluding hydrogens is 373 g/mol. The average Bonchev–Trinajstić information content (AvgIpc) is 2.65. The number of halogens is 3. The van der Waals surface area contributed by atoms with E-state index in [9.17, 15) is 27.9 Å². The van der Waals surface area contributed by atoms with E-state index in [1.54, 1.807) is 0 Å². The molecule has 0 heterocycles. The number of nitrogens with one attached hydrogen (secondary N) is 2. The fourth-order valence-corrected chi connectivity index (χ4v) is 2.46.